The van der Waals surface area contributed by atoms with E-state index >= 15 is 0 Å². The largest absolute Gasteiger partial charge is 0.384 e. The van der Waals surface area contributed by atoms with Crippen LogP contribution in [0.2, 0.25) is 0 Å². The minimum atomic E-state index is -0.371. The molecule has 0 amide bonds. The fourth-order valence-corrected chi connectivity index (χ4v) is 2.89. The second-order valence-corrected chi connectivity index (χ2v) is 5.41. The molecule has 19 heavy (non-hydrogen) atoms. The maximum Gasteiger partial charge on any atom is 0.161 e. The lowest BCUT2D eigenvalue weighted by molar-refractivity contribution is 0.0891. The van der Waals surface area contributed by atoms with Gasteiger partial charge in [-0.15, -0.1) is 0 Å². The topological polar surface area (TPSA) is 62.3 Å². The summed E-state index contributed by atoms with van der Waals surface area (Å²) in [7, 11) is 1.68. The standard InChI is InChI=1S/C13H17BrFN3O/c1-19-8-3-2-6-18(7-8)10-5-4-9(13(16)17)11(14)12(10)15/h4-5,8H,2-3,6-7H2,1H3,(H3,16,17). The first-order valence-electron chi connectivity index (χ1n) is 6.14. The van der Waals surface area contributed by atoms with Gasteiger partial charge in [0.05, 0.1) is 16.3 Å². The molecule has 1 aliphatic rings. The zero-order valence-corrected chi connectivity index (χ0v) is 12.3. The quantitative estimate of drug-likeness (QED) is 0.661. The van der Waals surface area contributed by atoms with Crippen molar-refractivity contribution in [1.82, 2.24) is 0 Å². The van der Waals surface area contributed by atoms with E-state index in [2.05, 4.69) is 15.9 Å². The monoisotopic (exact) mass is 329 g/mol. The van der Waals surface area contributed by atoms with E-state index in [-0.39, 0.29) is 22.2 Å². The molecule has 4 nitrogen and oxygen atoms in total. The molecule has 1 fully saturated rings. The van der Waals surface area contributed by atoms with Gasteiger partial charge in [0, 0.05) is 25.8 Å². The maximum absolute atomic E-state index is 14.4. The molecule has 1 atom stereocenters. The molecule has 1 aromatic carbocycles. The molecule has 104 valence electrons. The third kappa shape index (κ3) is 2.90. The number of piperidine rings is 1. The first kappa shape index (κ1) is 14.3. The average molecular weight is 330 g/mol. The summed E-state index contributed by atoms with van der Waals surface area (Å²) in [6.45, 7) is 1.49. The van der Waals surface area contributed by atoms with Gasteiger partial charge in [0.2, 0.25) is 0 Å². The van der Waals surface area contributed by atoms with Gasteiger partial charge < -0.3 is 15.4 Å². The fraction of sp³-hybridized carbons (Fsp3) is 0.462. The van der Waals surface area contributed by atoms with Crippen molar-refractivity contribution < 1.29 is 9.13 Å². The second-order valence-electron chi connectivity index (χ2n) is 4.62. The van der Waals surface area contributed by atoms with E-state index in [1.54, 1.807) is 19.2 Å². The summed E-state index contributed by atoms with van der Waals surface area (Å²) in [5.41, 5.74) is 6.31. The Morgan fingerprint density at radius 2 is 2.32 bits per heavy atom. The number of nitrogens with zero attached hydrogens (tertiary/aromatic N) is 1. The Balaban J connectivity index is 2.30. The third-order valence-corrected chi connectivity index (χ3v) is 4.18. The minimum absolute atomic E-state index is 0.138. The van der Waals surface area contributed by atoms with Crippen LogP contribution in [-0.2, 0) is 4.74 Å². The van der Waals surface area contributed by atoms with Gasteiger partial charge in [-0.25, -0.2) is 4.39 Å². The number of anilines is 1. The van der Waals surface area contributed by atoms with E-state index < -0.39 is 0 Å². The highest BCUT2D eigenvalue weighted by molar-refractivity contribution is 9.10. The lowest BCUT2D eigenvalue weighted by atomic mass is 10.1. The number of ether oxygens (including phenoxy) is 1. The minimum Gasteiger partial charge on any atom is -0.384 e. The number of hydrogen-bond donors (Lipinski definition) is 2. The molecule has 1 heterocycles. The van der Waals surface area contributed by atoms with Crippen LogP contribution in [0, 0.1) is 11.2 Å². The molecule has 1 aromatic rings. The normalized spacial score (nSPS) is 19.5. The van der Waals surface area contributed by atoms with Gasteiger partial charge in [-0.2, -0.15) is 0 Å². The van der Waals surface area contributed by atoms with Crippen LogP contribution in [0.25, 0.3) is 0 Å². The van der Waals surface area contributed by atoms with Crippen molar-refractivity contribution in [2.45, 2.75) is 18.9 Å². The van der Waals surface area contributed by atoms with E-state index in [9.17, 15) is 4.39 Å². The van der Waals surface area contributed by atoms with Crippen molar-refractivity contribution in [3.05, 3.63) is 28.0 Å². The number of methoxy groups -OCH3 is 1. The van der Waals surface area contributed by atoms with Gasteiger partial charge in [0.1, 0.15) is 5.84 Å². The maximum atomic E-state index is 14.4. The molecule has 0 aromatic heterocycles. The molecule has 3 N–H and O–H groups in total. The summed E-state index contributed by atoms with van der Waals surface area (Å²) in [6, 6.07) is 3.34. The zero-order chi connectivity index (χ0) is 14.0. The number of nitrogens with two attached hydrogens (primary N) is 1. The van der Waals surface area contributed by atoms with Crippen molar-refractivity contribution in [3.63, 3.8) is 0 Å². The predicted octanol–water partition coefficient (Wildman–Crippen LogP) is 2.49. The summed E-state index contributed by atoms with van der Waals surface area (Å²) >= 11 is 3.18. The number of halogens is 2. The van der Waals surface area contributed by atoms with Crippen LogP contribution in [0.3, 0.4) is 0 Å². The van der Waals surface area contributed by atoms with Crippen LogP contribution >= 0.6 is 15.9 Å². The summed E-state index contributed by atoms with van der Waals surface area (Å²) < 4.78 is 19.9. The van der Waals surface area contributed by atoms with E-state index in [0.29, 0.717) is 17.8 Å². The molecule has 2 rings (SSSR count). The molecular formula is C13H17BrFN3O. The highest BCUT2D eigenvalue weighted by Crippen LogP contribution is 2.31. The fourth-order valence-electron chi connectivity index (χ4n) is 2.34. The lowest BCUT2D eigenvalue weighted by Gasteiger charge is -2.34. The van der Waals surface area contributed by atoms with Gasteiger partial charge in [-0.3, -0.25) is 5.41 Å². The molecule has 0 saturated carbocycles. The molecule has 6 heteroatoms. The molecule has 0 bridgehead atoms. The molecule has 1 unspecified atom stereocenters. The highest BCUT2D eigenvalue weighted by atomic mass is 79.9. The molecule has 0 radical (unpaired) electrons. The van der Waals surface area contributed by atoms with Gasteiger partial charge in [-0.05, 0) is 40.9 Å². The molecule has 1 saturated heterocycles. The van der Waals surface area contributed by atoms with Crippen molar-refractivity contribution in [1.29, 1.82) is 5.41 Å². The molecule has 0 spiro atoms. The summed E-state index contributed by atoms with van der Waals surface area (Å²) in [4.78, 5) is 1.97. The number of hydrogen-bond acceptors (Lipinski definition) is 3. The van der Waals surface area contributed by atoms with Crippen molar-refractivity contribution >= 4 is 27.5 Å². The van der Waals surface area contributed by atoms with Crippen LogP contribution in [0.4, 0.5) is 10.1 Å². The molecule has 0 aliphatic carbocycles. The summed E-state index contributed by atoms with van der Waals surface area (Å²) in [6.07, 6.45) is 2.12. The van der Waals surface area contributed by atoms with Gasteiger partial charge in [0.15, 0.2) is 5.82 Å². The van der Waals surface area contributed by atoms with Crippen LogP contribution in [0.5, 0.6) is 0 Å². The number of rotatable bonds is 3. The predicted molar refractivity (Wildman–Crippen MR) is 77.4 cm³/mol. The number of nitrogens with one attached hydrogen (secondary N) is 1. The Labute approximate surface area is 120 Å². The second kappa shape index (κ2) is 5.88. The SMILES string of the molecule is COC1CCCN(c2ccc(C(=N)N)c(Br)c2F)C1. The van der Waals surface area contributed by atoms with Crippen LogP contribution in [0.15, 0.2) is 16.6 Å². The van der Waals surface area contributed by atoms with E-state index in [0.717, 1.165) is 19.4 Å². The Morgan fingerprint density at radius 1 is 1.58 bits per heavy atom. The summed E-state index contributed by atoms with van der Waals surface area (Å²) in [5.74, 6) is -0.518. The third-order valence-electron chi connectivity index (χ3n) is 3.40. The number of nitrogen functional groups attached to an aromatic ring is 1. The molecule has 1 aliphatic heterocycles. The van der Waals surface area contributed by atoms with Crippen LogP contribution in [0.1, 0.15) is 18.4 Å². The van der Waals surface area contributed by atoms with Gasteiger partial charge >= 0.3 is 0 Å². The average Bonchev–Trinajstić information content (AvgIpc) is 2.41. The smallest absolute Gasteiger partial charge is 0.161 e. The number of benzene rings is 1. The van der Waals surface area contributed by atoms with Crippen LogP contribution in [-0.4, -0.2) is 32.1 Å². The van der Waals surface area contributed by atoms with Crippen LogP contribution < -0.4 is 10.6 Å². The number of amidine groups is 1. The Hall–Kier alpha value is -1.14. The zero-order valence-electron chi connectivity index (χ0n) is 10.7. The molecular weight excluding hydrogens is 313 g/mol. The van der Waals surface area contributed by atoms with Crippen molar-refractivity contribution in [3.8, 4) is 0 Å². The van der Waals surface area contributed by atoms with E-state index in [1.807, 2.05) is 4.90 Å². The first-order valence-corrected chi connectivity index (χ1v) is 6.94. The van der Waals surface area contributed by atoms with Gasteiger partial charge in [-0.1, -0.05) is 0 Å². The first-order chi connectivity index (χ1) is 9.04. The summed E-state index contributed by atoms with van der Waals surface area (Å²) in [5, 5.41) is 7.40. The Kier molecular flexibility index (Phi) is 4.42. The van der Waals surface area contributed by atoms with Crippen molar-refractivity contribution in [2.24, 2.45) is 5.73 Å². The van der Waals surface area contributed by atoms with E-state index in [1.165, 1.54) is 0 Å². The Bertz CT molecular complexity index is 495. The van der Waals surface area contributed by atoms with Gasteiger partial charge in [0.25, 0.3) is 0 Å². The lowest BCUT2D eigenvalue weighted by Crippen LogP contribution is -2.39. The highest BCUT2D eigenvalue weighted by Gasteiger charge is 2.23. The van der Waals surface area contributed by atoms with Crippen molar-refractivity contribution in [2.75, 3.05) is 25.1 Å². The Morgan fingerprint density at radius 3 is 2.95 bits per heavy atom. The van der Waals surface area contributed by atoms with E-state index in [4.69, 9.17) is 15.9 Å².